The average molecular weight is 264 g/mol. The van der Waals surface area contributed by atoms with Gasteiger partial charge in [-0.1, -0.05) is 23.2 Å². The van der Waals surface area contributed by atoms with Crippen LogP contribution in [-0.2, 0) is 0 Å². The maximum Gasteiger partial charge on any atom is 0.252 e. The fraction of sp³-hybridized carbons (Fsp3) is 0.300. The zero-order valence-corrected chi connectivity index (χ0v) is 9.79. The molecule has 0 aromatic heterocycles. The van der Waals surface area contributed by atoms with Gasteiger partial charge in [0.2, 0.25) is 0 Å². The van der Waals surface area contributed by atoms with Gasteiger partial charge in [0.15, 0.2) is 0 Å². The van der Waals surface area contributed by atoms with E-state index in [0.29, 0.717) is 5.02 Å². The summed E-state index contributed by atoms with van der Waals surface area (Å²) in [5.74, 6) is -0.422. The van der Waals surface area contributed by atoms with Crippen LogP contribution in [0.1, 0.15) is 10.4 Å². The zero-order chi connectivity index (χ0) is 12.1. The van der Waals surface area contributed by atoms with Crippen LogP contribution in [0, 0.1) is 0 Å². The van der Waals surface area contributed by atoms with E-state index in [1.54, 1.807) is 6.07 Å². The Morgan fingerprint density at radius 1 is 1.44 bits per heavy atom. The second kappa shape index (κ2) is 6.06. The predicted molar refractivity (Wildman–Crippen MR) is 61.9 cm³/mol. The van der Waals surface area contributed by atoms with E-state index >= 15 is 0 Å². The molecule has 1 aromatic rings. The largest absolute Gasteiger partial charge is 0.394 e. The van der Waals surface area contributed by atoms with E-state index < -0.39 is 18.6 Å². The number of carbonyl (C=O) groups is 1. The number of amides is 1. The summed E-state index contributed by atoms with van der Waals surface area (Å²) in [6.45, 7) is -0.442. The molecule has 0 spiro atoms. The van der Waals surface area contributed by atoms with Crippen molar-refractivity contribution in [1.29, 1.82) is 0 Å². The molecule has 6 heteroatoms. The number of halogens is 2. The lowest BCUT2D eigenvalue weighted by Gasteiger charge is -2.09. The molecule has 0 unspecified atom stereocenters. The van der Waals surface area contributed by atoms with Gasteiger partial charge < -0.3 is 15.5 Å². The van der Waals surface area contributed by atoms with Gasteiger partial charge in [-0.25, -0.2) is 0 Å². The Bertz CT molecular complexity index is 384. The van der Waals surface area contributed by atoms with Gasteiger partial charge in [0.05, 0.1) is 23.3 Å². The Kier molecular flexibility index (Phi) is 5.02. The molecule has 1 atom stereocenters. The van der Waals surface area contributed by atoms with Crippen LogP contribution in [0.25, 0.3) is 0 Å². The van der Waals surface area contributed by atoms with Gasteiger partial charge in [-0.3, -0.25) is 4.79 Å². The van der Waals surface area contributed by atoms with E-state index in [2.05, 4.69) is 5.32 Å². The molecular weight excluding hydrogens is 253 g/mol. The number of benzene rings is 1. The van der Waals surface area contributed by atoms with Crippen molar-refractivity contribution in [3.05, 3.63) is 33.8 Å². The summed E-state index contributed by atoms with van der Waals surface area (Å²) in [5, 5.41) is 20.7. The molecule has 88 valence electrons. The first-order chi connectivity index (χ1) is 7.54. The van der Waals surface area contributed by atoms with Crippen LogP contribution < -0.4 is 5.32 Å². The third-order valence-electron chi connectivity index (χ3n) is 1.88. The number of rotatable bonds is 4. The number of hydrogen-bond acceptors (Lipinski definition) is 3. The Morgan fingerprint density at radius 3 is 2.69 bits per heavy atom. The van der Waals surface area contributed by atoms with Crippen LogP contribution >= 0.6 is 23.2 Å². The maximum absolute atomic E-state index is 11.6. The summed E-state index contributed by atoms with van der Waals surface area (Å²) >= 11 is 11.5. The molecule has 0 radical (unpaired) electrons. The average Bonchev–Trinajstić information content (AvgIpc) is 2.25. The van der Waals surface area contributed by atoms with Gasteiger partial charge in [-0.15, -0.1) is 0 Å². The highest BCUT2D eigenvalue weighted by atomic mass is 35.5. The lowest BCUT2D eigenvalue weighted by atomic mass is 10.2. The number of nitrogens with one attached hydrogen (secondary N) is 1. The topological polar surface area (TPSA) is 69.6 Å². The van der Waals surface area contributed by atoms with Gasteiger partial charge in [-0.05, 0) is 18.2 Å². The summed E-state index contributed by atoms with van der Waals surface area (Å²) in [6.07, 6.45) is -0.977. The third kappa shape index (κ3) is 3.64. The molecule has 0 heterocycles. The summed E-state index contributed by atoms with van der Waals surface area (Å²) in [4.78, 5) is 11.6. The molecular formula is C10H11Cl2NO3. The number of aliphatic hydroxyl groups excluding tert-OH is 2. The fourth-order valence-corrected chi connectivity index (χ4v) is 1.54. The molecule has 16 heavy (non-hydrogen) atoms. The molecule has 3 N–H and O–H groups in total. The smallest absolute Gasteiger partial charge is 0.252 e. The highest BCUT2D eigenvalue weighted by Gasteiger charge is 2.11. The minimum atomic E-state index is -0.977. The minimum Gasteiger partial charge on any atom is -0.394 e. The van der Waals surface area contributed by atoms with Gasteiger partial charge in [0.25, 0.3) is 5.91 Å². The molecule has 1 amide bonds. The molecule has 1 rings (SSSR count). The van der Waals surface area contributed by atoms with E-state index in [-0.39, 0.29) is 17.1 Å². The molecule has 4 nitrogen and oxygen atoms in total. The van der Waals surface area contributed by atoms with Crippen molar-refractivity contribution in [3.8, 4) is 0 Å². The lowest BCUT2D eigenvalue weighted by molar-refractivity contribution is 0.0802. The van der Waals surface area contributed by atoms with Crippen molar-refractivity contribution in [2.45, 2.75) is 6.10 Å². The third-order valence-corrected chi connectivity index (χ3v) is 2.43. The highest BCUT2D eigenvalue weighted by molar-refractivity contribution is 6.36. The van der Waals surface area contributed by atoms with Gasteiger partial charge in [0.1, 0.15) is 0 Å². The standard InChI is InChI=1S/C10H11Cl2NO3/c11-6-1-2-8(9(12)3-6)10(16)13-4-7(15)5-14/h1-3,7,14-15H,4-5H2,(H,13,16)/t7-/m1/s1. The Morgan fingerprint density at radius 2 is 2.12 bits per heavy atom. The first-order valence-corrected chi connectivity index (χ1v) is 5.32. The van der Waals surface area contributed by atoms with E-state index in [1.165, 1.54) is 12.1 Å². The number of carbonyl (C=O) groups excluding carboxylic acids is 1. The molecule has 0 saturated heterocycles. The molecule has 0 aliphatic carbocycles. The van der Waals surface area contributed by atoms with Crippen LogP contribution in [-0.4, -0.2) is 35.4 Å². The normalized spacial score (nSPS) is 12.2. The Balaban J connectivity index is 2.66. The summed E-state index contributed by atoms with van der Waals surface area (Å²) in [7, 11) is 0. The number of hydrogen-bond donors (Lipinski definition) is 3. The van der Waals surface area contributed by atoms with Crippen LogP contribution in [0.2, 0.25) is 10.0 Å². The van der Waals surface area contributed by atoms with E-state index in [4.69, 9.17) is 33.4 Å². The molecule has 0 fully saturated rings. The SMILES string of the molecule is O=C(NC[C@@H](O)CO)c1ccc(Cl)cc1Cl. The Hall–Kier alpha value is -0.810. The van der Waals surface area contributed by atoms with Crippen molar-refractivity contribution in [3.63, 3.8) is 0 Å². The van der Waals surface area contributed by atoms with Crippen molar-refractivity contribution < 1.29 is 15.0 Å². The highest BCUT2D eigenvalue weighted by Crippen LogP contribution is 2.20. The predicted octanol–water partition coefficient (Wildman–Crippen LogP) is 1.08. The molecule has 0 bridgehead atoms. The van der Waals surface area contributed by atoms with Gasteiger partial charge >= 0.3 is 0 Å². The molecule has 0 aliphatic rings. The first-order valence-electron chi connectivity index (χ1n) is 4.56. The van der Waals surface area contributed by atoms with E-state index in [0.717, 1.165) is 0 Å². The van der Waals surface area contributed by atoms with Crippen molar-refractivity contribution in [2.24, 2.45) is 0 Å². The second-order valence-corrected chi connectivity index (χ2v) is 4.01. The maximum atomic E-state index is 11.6. The van der Waals surface area contributed by atoms with Gasteiger partial charge in [-0.2, -0.15) is 0 Å². The zero-order valence-electron chi connectivity index (χ0n) is 8.28. The molecule has 0 aliphatic heterocycles. The second-order valence-electron chi connectivity index (χ2n) is 3.17. The van der Waals surface area contributed by atoms with Crippen molar-refractivity contribution >= 4 is 29.1 Å². The van der Waals surface area contributed by atoms with Gasteiger partial charge in [0, 0.05) is 11.6 Å². The molecule has 0 saturated carbocycles. The first kappa shape index (κ1) is 13.3. The van der Waals surface area contributed by atoms with E-state index in [1.807, 2.05) is 0 Å². The minimum absolute atomic E-state index is 0.0334. The fourth-order valence-electron chi connectivity index (χ4n) is 1.04. The molecule has 1 aromatic carbocycles. The van der Waals surface area contributed by atoms with Crippen LogP contribution in [0.5, 0.6) is 0 Å². The lowest BCUT2D eigenvalue weighted by Crippen LogP contribution is -2.34. The van der Waals surface area contributed by atoms with Crippen LogP contribution in [0.15, 0.2) is 18.2 Å². The van der Waals surface area contributed by atoms with E-state index in [9.17, 15) is 4.79 Å². The van der Waals surface area contributed by atoms with Crippen LogP contribution in [0.4, 0.5) is 0 Å². The number of aliphatic hydroxyl groups is 2. The monoisotopic (exact) mass is 263 g/mol. The van der Waals surface area contributed by atoms with Crippen molar-refractivity contribution in [1.82, 2.24) is 5.32 Å². The van der Waals surface area contributed by atoms with Crippen molar-refractivity contribution in [2.75, 3.05) is 13.2 Å². The quantitative estimate of drug-likeness (QED) is 0.762. The summed E-state index contributed by atoms with van der Waals surface area (Å²) in [5.41, 5.74) is 0.274. The summed E-state index contributed by atoms with van der Waals surface area (Å²) in [6, 6.07) is 4.50. The Labute approximate surface area is 103 Å². The summed E-state index contributed by atoms with van der Waals surface area (Å²) < 4.78 is 0. The van der Waals surface area contributed by atoms with Crippen LogP contribution in [0.3, 0.4) is 0 Å².